The molecule has 10 atom stereocenters. The average Bonchev–Trinajstić information content (AvgIpc) is 2.70. The van der Waals surface area contributed by atoms with E-state index in [1.54, 1.807) is 0 Å². The van der Waals surface area contributed by atoms with Gasteiger partial charge in [0, 0.05) is 12.3 Å². The number of ketones is 1. The van der Waals surface area contributed by atoms with Gasteiger partial charge in [-0.3, -0.25) is 4.79 Å². The molecule has 2 heteroatoms. The summed E-state index contributed by atoms with van der Waals surface area (Å²) >= 11 is 0. The van der Waals surface area contributed by atoms with E-state index in [0.29, 0.717) is 39.8 Å². The van der Waals surface area contributed by atoms with Crippen molar-refractivity contribution < 1.29 is 9.90 Å². The van der Waals surface area contributed by atoms with E-state index in [-0.39, 0.29) is 28.3 Å². The summed E-state index contributed by atoms with van der Waals surface area (Å²) in [7, 11) is 0. The Morgan fingerprint density at radius 1 is 0.688 bits per heavy atom. The first-order valence-corrected chi connectivity index (χ1v) is 13.8. The molecule has 0 aromatic carbocycles. The summed E-state index contributed by atoms with van der Waals surface area (Å²) in [6.45, 7) is 19.9. The van der Waals surface area contributed by atoms with Crippen LogP contribution in [0.2, 0.25) is 0 Å². The molecular formula is C30H50O2. The van der Waals surface area contributed by atoms with Crippen molar-refractivity contribution in [2.24, 2.45) is 56.2 Å². The average molecular weight is 443 g/mol. The molecule has 0 saturated heterocycles. The molecule has 0 spiro atoms. The summed E-state index contributed by atoms with van der Waals surface area (Å²) < 4.78 is 0. The zero-order valence-electron chi connectivity index (χ0n) is 22.3. The van der Waals surface area contributed by atoms with Crippen LogP contribution in [-0.4, -0.2) is 17.0 Å². The summed E-state index contributed by atoms with van der Waals surface area (Å²) in [5, 5.41) is 11.7. The van der Waals surface area contributed by atoms with Crippen LogP contribution in [0.4, 0.5) is 0 Å². The molecule has 2 nitrogen and oxygen atoms in total. The number of hydrogen-bond donors (Lipinski definition) is 1. The lowest BCUT2D eigenvalue weighted by Gasteiger charge is -2.75. The molecule has 32 heavy (non-hydrogen) atoms. The van der Waals surface area contributed by atoms with Gasteiger partial charge in [0.2, 0.25) is 0 Å². The fourth-order valence-electron chi connectivity index (χ4n) is 11.2. The Bertz CT molecular complexity index is 816. The van der Waals surface area contributed by atoms with Crippen molar-refractivity contribution in [3.63, 3.8) is 0 Å². The van der Waals surface area contributed by atoms with Crippen LogP contribution in [0.25, 0.3) is 0 Å². The van der Waals surface area contributed by atoms with Gasteiger partial charge < -0.3 is 5.11 Å². The molecule has 0 aliphatic heterocycles. The Balaban J connectivity index is 1.57. The van der Waals surface area contributed by atoms with Crippen LogP contribution in [0, 0.1) is 56.2 Å². The molecule has 0 heterocycles. The molecule has 5 fully saturated rings. The van der Waals surface area contributed by atoms with Gasteiger partial charge in [0.15, 0.2) is 0 Å². The second-order valence-corrected chi connectivity index (χ2v) is 15.4. The highest BCUT2D eigenvalue weighted by molar-refractivity contribution is 5.82. The Morgan fingerprint density at radius 3 is 2.03 bits per heavy atom. The smallest absolute Gasteiger partial charge is 0.136 e. The molecule has 0 amide bonds. The van der Waals surface area contributed by atoms with Crippen molar-refractivity contribution in [3.05, 3.63) is 0 Å². The largest absolute Gasteiger partial charge is 0.393 e. The minimum atomic E-state index is -0.177. The SMILES string of the molecule is C[C@H]1C(=O)CC[C@@H]2[C@]1(C)CC[C@H]1[C@@]2(C)CC[C@@]2(C)[C@H]3CC(C)(C)CC[C@]3(C)[C@@H](O)C[C@]12C. The van der Waals surface area contributed by atoms with Crippen LogP contribution in [0.15, 0.2) is 0 Å². The molecule has 0 bridgehead atoms. The molecule has 5 rings (SSSR count). The molecule has 0 aromatic heterocycles. The van der Waals surface area contributed by atoms with Crippen LogP contribution < -0.4 is 0 Å². The van der Waals surface area contributed by atoms with Gasteiger partial charge in [-0.15, -0.1) is 0 Å². The predicted molar refractivity (Wildman–Crippen MR) is 131 cm³/mol. The number of aliphatic hydroxyl groups is 1. The van der Waals surface area contributed by atoms with Gasteiger partial charge in [-0.25, -0.2) is 0 Å². The van der Waals surface area contributed by atoms with Gasteiger partial charge in [-0.1, -0.05) is 55.4 Å². The number of carbonyl (C=O) groups is 1. The summed E-state index contributed by atoms with van der Waals surface area (Å²) in [4.78, 5) is 12.7. The Kier molecular flexibility index (Phi) is 4.85. The van der Waals surface area contributed by atoms with E-state index >= 15 is 0 Å². The number of fused-ring (bicyclic) bond motifs is 7. The topological polar surface area (TPSA) is 37.3 Å². The lowest BCUT2D eigenvalue weighted by Crippen LogP contribution is -2.70. The van der Waals surface area contributed by atoms with E-state index in [1.807, 2.05) is 0 Å². The van der Waals surface area contributed by atoms with Gasteiger partial charge in [0.1, 0.15) is 5.78 Å². The van der Waals surface area contributed by atoms with Crippen molar-refractivity contribution in [3.8, 4) is 0 Å². The fraction of sp³-hybridized carbons (Fsp3) is 0.967. The quantitative estimate of drug-likeness (QED) is 0.423. The Morgan fingerprint density at radius 2 is 1.34 bits per heavy atom. The summed E-state index contributed by atoms with van der Waals surface area (Å²) in [6.07, 6.45) is 11.4. The molecule has 5 aliphatic carbocycles. The van der Waals surface area contributed by atoms with Gasteiger partial charge in [0.05, 0.1) is 6.10 Å². The predicted octanol–water partition coefficient (Wildman–Crippen LogP) is 7.43. The number of rotatable bonds is 0. The lowest BCUT2D eigenvalue weighted by atomic mass is 9.29. The third-order valence-electron chi connectivity index (χ3n) is 13.8. The third-order valence-corrected chi connectivity index (χ3v) is 13.8. The molecule has 0 aromatic rings. The number of aliphatic hydroxyl groups excluding tert-OH is 1. The molecule has 0 radical (unpaired) electrons. The molecule has 182 valence electrons. The summed E-state index contributed by atoms with van der Waals surface area (Å²) in [5.41, 5.74) is 1.41. The highest BCUT2D eigenvalue weighted by atomic mass is 16.3. The maximum Gasteiger partial charge on any atom is 0.136 e. The van der Waals surface area contributed by atoms with Crippen molar-refractivity contribution in [2.45, 2.75) is 126 Å². The number of carbonyl (C=O) groups excluding carboxylic acids is 1. The number of hydrogen-bond acceptors (Lipinski definition) is 2. The van der Waals surface area contributed by atoms with Gasteiger partial charge >= 0.3 is 0 Å². The van der Waals surface area contributed by atoms with E-state index in [1.165, 1.54) is 44.9 Å². The van der Waals surface area contributed by atoms with Crippen molar-refractivity contribution >= 4 is 5.78 Å². The first-order valence-electron chi connectivity index (χ1n) is 13.8. The maximum absolute atomic E-state index is 12.7. The lowest BCUT2D eigenvalue weighted by molar-refractivity contribution is -0.280. The standard InChI is InChI=1S/C30H50O2/c1-19-20(31)9-10-21-26(19,4)12-11-22-27(21,5)15-16-29(7)23-17-25(2,3)13-14-28(23,6)24(32)18-30(22,29)8/h19,21-24,32H,9-18H2,1-8H3/t19-,21+,22-,23-,24-,26+,27-,28-,29-,30+/m0/s1. The van der Waals surface area contributed by atoms with E-state index < -0.39 is 0 Å². The van der Waals surface area contributed by atoms with Gasteiger partial charge in [0.25, 0.3) is 0 Å². The van der Waals surface area contributed by atoms with Crippen molar-refractivity contribution in [1.82, 2.24) is 0 Å². The van der Waals surface area contributed by atoms with Crippen LogP contribution >= 0.6 is 0 Å². The first-order chi connectivity index (χ1) is 14.6. The van der Waals surface area contributed by atoms with Crippen LogP contribution in [0.3, 0.4) is 0 Å². The molecule has 0 unspecified atom stereocenters. The summed E-state index contributed by atoms with van der Waals surface area (Å²) in [5.74, 6) is 2.63. The molecular weight excluding hydrogens is 392 g/mol. The van der Waals surface area contributed by atoms with Crippen molar-refractivity contribution in [2.75, 3.05) is 0 Å². The highest BCUT2D eigenvalue weighted by Crippen LogP contribution is 2.78. The Hall–Kier alpha value is -0.370. The first kappa shape index (κ1) is 23.4. The molecule has 1 N–H and O–H groups in total. The van der Waals surface area contributed by atoms with Crippen molar-refractivity contribution in [1.29, 1.82) is 0 Å². The maximum atomic E-state index is 12.7. The van der Waals surface area contributed by atoms with Gasteiger partial charge in [-0.05, 0) is 108 Å². The van der Waals surface area contributed by atoms with E-state index in [2.05, 4.69) is 55.4 Å². The molecule has 5 saturated carbocycles. The van der Waals surface area contributed by atoms with Crippen LogP contribution in [0.5, 0.6) is 0 Å². The Labute approximate surface area is 197 Å². The van der Waals surface area contributed by atoms with Gasteiger partial charge in [-0.2, -0.15) is 0 Å². The van der Waals surface area contributed by atoms with E-state index in [0.717, 1.165) is 19.3 Å². The zero-order chi connectivity index (χ0) is 23.5. The van der Waals surface area contributed by atoms with E-state index in [4.69, 9.17) is 0 Å². The monoisotopic (exact) mass is 442 g/mol. The second-order valence-electron chi connectivity index (χ2n) is 15.4. The minimum absolute atomic E-state index is 0.0759. The van der Waals surface area contributed by atoms with Crippen LogP contribution in [0.1, 0.15) is 120 Å². The van der Waals surface area contributed by atoms with Crippen LogP contribution in [-0.2, 0) is 4.79 Å². The molecule has 5 aliphatic rings. The number of Topliss-reactive ketones (excluding diaryl/α,β-unsaturated/α-hetero) is 1. The normalized spacial score (nSPS) is 59.4. The summed E-state index contributed by atoms with van der Waals surface area (Å²) in [6, 6.07) is 0. The minimum Gasteiger partial charge on any atom is -0.393 e. The fourth-order valence-corrected chi connectivity index (χ4v) is 11.2. The van der Waals surface area contributed by atoms with E-state index in [9.17, 15) is 9.90 Å². The third kappa shape index (κ3) is 2.66. The second kappa shape index (κ2) is 6.64. The highest BCUT2D eigenvalue weighted by Gasteiger charge is 2.72. The zero-order valence-corrected chi connectivity index (χ0v) is 22.3.